The number of hydrogen-bond donors (Lipinski definition) is 2. The monoisotopic (exact) mass is 324 g/mol. The molecule has 5 nitrogen and oxygen atoms in total. The normalized spacial score (nSPS) is 15.2. The Bertz CT molecular complexity index is 540. The Labute approximate surface area is 134 Å². The number of nitrogens with zero attached hydrogens (tertiary/aromatic N) is 2. The molecular weight excluding hydrogens is 308 g/mol. The lowest BCUT2D eigenvalue weighted by Crippen LogP contribution is -2.42. The number of hydrogen-bond acceptors (Lipinski definition) is 4. The van der Waals surface area contributed by atoms with Gasteiger partial charge in [0.1, 0.15) is 6.07 Å². The van der Waals surface area contributed by atoms with Crippen LogP contribution in [0.2, 0.25) is 5.02 Å². The topological polar surface area (TPSA) is 60.3 Å². The molecule has 1 aromatic rings. The minimum atomic E-state index is 0.472. The molecule has 1 heterocycles. The van der Waals surface area contributed by atoms with E-state index in [1.807, 2.05) is 0 Å². The molecular formula is C14H17ClN4OS. The average molecular weight is 325 g/mol. The van der Waals surface area contributed by atoms with E-state index in [1.165, 1.54) is 0 Å². The van der Waals surface area contributed by atoms with E-state index in [0.29, 0.717) is 21.4 Å². The zero-order valence-electron chi connectivity index (χ0n) is 11.6. The predicted molar refractivity (Wildman–Crippen MR) is 87.6 cm³/mol. The van der Waals surface area contributed by atoms with Gasteiger partial charge in [-0.15, -0.1) is 0 Å². The van der Waals surface area contributed by atoms with Crippen molar-refractivity contribution < 1.29 is 4.74 Å². The van der Waals surface area contributed by atoms with Crippen molar-refractivity contribution in [2.45, 2.75) is 0 Å². The van der Waals surface area contributed by atoms with Crippen LogP contribution in [0.3, 0.4) is 0 Å². The van der Waals surface area contributed by atoms with Crippen LogP contribution in [0, 0.1) is 11.3 Å². The lowest BCUT2D eigenvalue weighted by molar-refractivity contribution is 0.0389. The van der Waals surface area contributed by atoms with Crippen LogP contribution < -0.4 is 10.6 Å². The molecule has 0 saturated carbocycles. The molecule has 7 heteroatoms. The fourth-order valence-corrected chi connectivity index (χ4v) is 2.42. The molecule has 1 saturated heterocycles. The molecule has 0 spiro atoms. The average Bonchev–Trinajstić information content (AvgIpc) is 2.50. The molecule has 21 heavy (non-hydrogen) atoms. The maximum atomic E-state index is 9.07. The van der Waals surface area contributed by atoms with E-state index in [0.717, 1.165) is 39.4 Å². The molecule has 1 aromatic carbocycles. The van der Waals surface area contributed by atoms with Crippen molar-refractivity contribution in [3.63, 3.8) is 0 Å². The van der Waals surface area contributed by atoms with E-state index in [-0.39, 0.29) is 0 Å². The number of nitriles is 1. The van der Waals surface area contributed by atoms with Gasteiger partial charge in [-0.05, 0) is 30.4 Å². The van der Waals surface area contributed by atoms with Gasteiger partial charge in [-0.3, -0.25) is 4.90 Å². The van der Waals surface area contributed by atoms with E-state index in [4.69, 9.17) is 33.8 Å². The third kappa shape index (κ3) is 5.14. The summed E-state index contributed by atoms with van der Waals surface area (Å²) >= 11 is 11.1. The van der Waals surface area contributed by atoms with Crippen LogP contribution in [0.4, 0.5) is 5.69 Å². The first kappa shape index (κ1) is 16.0. The fourth-order valence-electron chi connectivity index (χ4n) is 2.04. The second-order valence-electron chi connectivity index (χ2n) is 4.64. The van der Waals surface area contributed by atoms with Crippen LogP contribution in [0.1, 0.15) is 5.56 Å². The first-order valence-corrected chi connectivity index (χ1v) is 7.52. The largest absolute Gasteiger partial charge is 0.379 e. The molecule has 1 aliphatic rings. The van der Waals surface area contributed by atoms with Gasteiger partial charge in [-0.2, -0.15) is 5.26 Å². The molecule has 0 aliphatic carbocycles. The number of morpholine rings is 1. The van der Waals surface area contributed by atoms with Gasteiger partial charge in [0.25, 0.3) is 0 Å². The second-order valence-corrected chi connectivity index (χ2v) is 5.48. The number of benzene rings is 1. The number of ether oxygens (including phenoxy) is 1. The molecule has 1 fully saturated rings. The zero-order chi connectivity index (χ0) is 15.1. The van der Waals surface area contributed by atoms with Crippen LogP contribution in [0.5, 0.6) is 0 Å². The SMILES string of the molecule is N#Cc1cc(Cl)ccc1NC(=S)NCCN1CCOCC1. The summed E-state index contributed by atoms with van der Waals surface area (Å²) in [5, 5.41) is 16.3. The number of halogens is 1. The van der Waals surface area contributed by atoms with Crippen molar-refractivity contribution in [2.75, 3.05) is 44.7 Å². The lowest BCUT2D eigenvalue weighted by Gasteiger charge is -2.26. The standard InChI is InChI=1S/C14H17ClN4OS/c15-12-1-2-13(11(9-12)10-16)18-14(21)17-3-4-19-5-7-20-8-6-19/h1-2,9H,3-8H2,(H2,17,18,21). The van der Waals surface area contributed by atoms with Crippen molar-refractivity contribution in [3.8, 4) is 6.07 Å². The minimum absolute atomic E-state index is 0.472. The maximum absolute atomic E-state index is 9.07. The number of thiocarbonyl (C=S) groups is 1. The van der Waals surface area contributed by atoms with Gasteiger partial charge in [-0.25, -0.2) is 0 Å². The van der Waals surface area contributed by atoms with Gasteiger partial charge in [0, 0.05) is 31.2 Å². The summed E-state index contributed by atoms with van der Waals surface area (Å²) in [6.45, 7) is 5.16. The maximum Gasteiger partial charge on any atom is 0.170 e. The van der Waals surface area contributed by atoms with Crippen LogP contribution in [0.15, 0.2) is 18.2 Å². The molecule has 2 rings (SSSR count). The quantitative estimate of drug-likeness (QED) is 0.824. The van der Waals surface area contributed by atoms with Gasteiger partial charge in [0.05, 0.1) is 24.5 Å². The van der Waals surface area contributed by atoms with Crippen LogP contribution in [-0.2, 0) is 4.74 Å². The summed E-state index contributed by atoms with van der Waals surface area (Å²) in [4.78, 5) is 2.32. The lowest BCUT2D eigenvalue weighted by atomic mass is 10.2. The third-order valence-electron chi connectivity index (χ3n) is 3.17. The Morgan fingerprint density at radius 3 is 2.90 bits per heavy atom. The van der Waals surface area contributed by atoms with Gasteiger partial charge in [-0.1, -0.05) is 11.6 Å². The summed E-state index contributed by atoms with van der Waals surface area (Å²) in [6, 6.07) is 7.17. The Morgan fingerprint density at radius 2 is 2.19 bits per heavy atom. The Kier molecular flexibility index (Phi) is 6.21. The van der Waals surface area contributed by atoms with Crippen molar-refractivity contribution >= 4 is 34.6 Å². The highest BCUT2D eigenvalue weighted by atomic mass is 35.5. The molecule has 0 aromatic heterocycles. The van der Waals surface area contributed by atoms with Gasteiger partial charge in [0.15, 0.2) is 5.11 Å². The fraction of sp³-hybridized carbons (Fsp3) is 0.429. The molecule has 0 amide bonds. The van der Waals surface area contributed by atoms with Gasteiger partial charge >= 0.3 is 0 Å². The highest BCUT2D eigenvalue weighted by Crippen LogP contribution is 2.19. The van der Waals surface area contributed by atoms with Crippen LogP contribution in [0.25, 0.3) is 0 Å². The Morgan fingerprint density at radius 1 is 1.43 bits per heavy atom. The van der Waals surface area contributed by atoms with Gasteiger partial charge in [0.2, 0.25) is 0 Å². The number of rotatable bonds is 4. The summed E-state index contributed by atoms with van der Waals surface area (Å²) in [6.07, 6.45) is 0. The van der Waals surface area contributed by atoms with Crippen molar-refractivity contribution in [3.05, 3.63) is 28.8 Å². The summed E-state index contributed by atoms with van der Waals surface area (Å²) in [5.41, 5.74) is 1.13. The van der Waals surface area contributed by atoms with Crippen LogP contribution >= 0.6 is 23.8 Å². The molecule has 2 N–H and O–H groups in total. The van der Waals surface area contributed by atoms with Gasteiger partial charge < -0.3 is 15.4 Å². The second kappa shape index (κ2) is 8.15. The van der Waals surface area contributed by atoms with E-state index < -0.39 is 0 Å². The molecule has 0 unspecified atom stereocenters. The van der Waals surface area contributed by atoms with Crippen molar-refractivity contribution in [2.24, 2.45) is 0 Å². The molecule has 1 aliphatic heterocycles. The summed E-state index contributed by atoms with van der Waals surface area (Å²) in [7, 11) is 0. The minimum Gasteiger partial charge on any atom is -0.379 e. The van der Waals surface area contributed by atoms with Crippen molar-refractivity contribution in [1.82, 2.24) is 10.2 Å². The Hall–Kier alpha value is -1.39. The first-order chi connectivity index (χ1) is 10.2. The zero-order valence-corrected chi connectivity index (χ0v) is 13.1. The summed E-state index contributed by atoms with van der Waals surface area (Å²) < 4.78 is 5.30. The van der Waals surface area contributed by atoms with E-state index >= 15 is 0 Å². The summed E-state index contributed by atoms with van der Waals surface area (Å²) in [5.74, 6) is 0. The molecule has 0 bridgehead atoms. The van der Waals surface area contributed by atoms with Crippen LogP contribution in [-0.4, -0.2) is 49.4 Å². The third-order valence-corrected chi connectivity index (χ3v) is 3.65. The number of anilines is 1. The first-order valence-electron chi connectivity index (χ1n) is 6.73. The Balaban J connectivity index is 1.78. The molecule has 0 radical (unpaired) electrons. The molecule has 0 atom stereocenters. The number of nitrogens with one attached hydrogen (secondary N) is 2. The highest BCUT2D eigenvalue weighted by Gasteiger charge is 2.10. The molecule has 112 valence electrons. The predicted octanol–water partition coefficient (Wildman–Crippen LogP) is 1.83. The van der Waals surface area contributed by atoms with E-state index in [2.05, 4.69) is 21.6 Å². The van der Waals surface area contributed by atoms with Crippen molar-refractivity contribution in [1.29, 1.82) is 5.26 Å². The van der Waals surface area contributed by atoms with E-state index in [9.17, 15) is 0 Å². The highest BCUT2D eigenvalue weighted by molar-refractivity contribution is 7.80. The smallest absolute Gasteiger partial charge is 0.170 e. The van der Waals surface area contributed by atoms with E-state index in [1.54, 1.807) is 18.2 Å².